The predicted molar refractivity (Wildman–Crippen MR) is 51.7 cm³/mol. The molecule has 13 heavy (non-hydrogen) atoms. The SMILES string of the molecule is O=C(O)/C=C/CNC1CCCCC1. The average molecular weight is 183 g/mol. The van der Waals surface area contributed by atoms with Crippen LogP contribution < -0.4 is 5.32 Å². The Morgan fingerprint density at radius 2 is 2.08 bits per heavy atom. The van der Waals surface area contributed by atoms with Crippen molar-refractivity contribution >= 4 is 5.97 Å². The summed E-state index contributed by atoms with van der Waals surface area (Å²) in [5.74, 6) is -0.870. The molecule has 0 aromatic rings. The zero-order valence-corrected chi connectivity index (χ0v) is 7.83. The maximum atomic E-state index is 10.1. The zero-order valence-electron chi connectivity index (χ0n) is 7.83. The van der Waals surface area contributed by atoms with Crippen LogP contribution in [0, 0.1) is 0 Å². The lowest BCUT2D eigenvalue weighted by molar-refractivity contribution is -0.131. The van der Waals surface area contributed by atoms with Crippen molar-refractivity contribution in [2.45, 2.75) is 38.1 Å². The molecule has 0 amide bonds. The Hall–Kier alpha value is -0.830. The molecule has 0 unspecified atom stereocenters. The molecule has 0 aromatic heterocycles. The van der Waals surface area contributed by atoms with E-state index in [0.29, 0.717) is 12.6 Å². The molecule has 0 aromatic carbocycles. The van der Waals surface area contributed by atoms with Crippen LogP contribution in [0.15, 0.2) is 12.2 Å². The Morgan fingerprint density at radius 3 is 2.69 bits per heavy atom. The number of carboxylic acid groups (broad SMARTS) is 1. The second-order valence-electron chi connectivity index (χ2n) is 3.48. The molecule has 2 N–H and O–H groups in total. The molecule has 0 saturated heterocycles. The number of carboxylic acids is 1. The fourth-order valence-corrected chi connectivity index (χ4v) is 1.70. The smallest absolute Gasteiger partial charge is 0.328 e. The lowest BCUT2D eigenvalue weighted by Crippen LogP contribution is -2.31. The third-order valence-electron chi connectivity index (χ3n) is 2.39. The molecule has 1 aliphatic carbocycles. The van der Waals surface area contributed by atoms with E-state index >= 15 is 0 Å². The molecule has 0 heterocycles. The summed E-state index contributed by atoms with van der Waals surface area (Å²) in [4.78, 5) is 10.1. The average Bonchev–Trinajstić information content (AvgIpc) is 2.14. The van der Waals surface area contributed by atoms with Crippen LogP contribution in [0.25, 0.3) is 0 Å². The fourth-order valence-electron chi connectivity index (χ4n) is 1.70. The first-order valence-corrected chi connectivity index (χ1v) is 4.92. The second kappa shape index (κ2) is 5.75. The van der Waals surface area contributed by atoms with Gasteiger partial charge in [0.25, 0.3) is 0 Å². The minimum atomic E-state index is -0.870. The van der Waals surface area contributed by atoms with Crippen LogP contribution in [-0.2, 0) is 4.79 Å². The summed E-state index contributed by atoms with van der Waals surface area (Å²) in [6.07, 6.45) is 9.29. The maximum absolute atomic E-state index is 10.1. The Balaban J connectivity index is 2.07. The molecule has 0 atom stereocenters. The van der Waals surface area contributed by atoms with E-state index in [9.17, 15) is 4.79 Å². The number of hydrogen-bond donors (Lipinski definition) is 2. The fraction of sp³-hybridized carbons (Fsp3) is 0.700. The minimum absolute atomic E-state index is 0.604. The van der Waals surface area contributed by atoms with Crippen LogP contribution in [-0.4, -0.2) is 23.7 Å². The minimum Gasteiger partial charge on any atom is -0.478 e. The van der Waals surface area contributed by atoms with Gasteiger partial charge in [0.05, 0.1) is 0 Å². The van der Waals surface area contributed by atoms with Crippen molar-refractivity contribution in [2.24, 2.45) is 0 Å². The van der Waals surface area contributed by atoms with Crippen molar-refractivity contribution < 1.29 is 9.90 Å². The Morgan fingerprint density at radius 1 is 1.38 bits per heavy atom. The molecule has 0 spiro atoms. The summed E-state index contributed by atoms with van der Waals surface area (Å²) in [5, 5.41) is 11.7. The molecule has 1 rings (SSSR count). The largest absolute Gasteiger partial charge is 0.478 e. The van der Waals surface area contributed by atoms with Crippen LogP contribution in [0.5, 0.6) is 0 Å². The molecule has 3 heteroatoms. The van der Waals surface area contributed by atoms with Crippen molar-refractivity contribution in [3.63, 3.8) is 0 Å². The number of hydrogen-bond acceptors (Lipinski definition) is 2. The van der Waals surface area contributed by atoms with Gasteiger partial charge in [-0.2, -0.15) is 0 Å². The van der Waals surface area contributed by atoms with Crippen LogP contribution in [0.2, 0.25) is 0 Å². The Labute approximate surface area is 78.8 Å². The van der Waals surface area contributed by atoms with Gasteiger partial charge in [0.15, 0.2) is 0 Å². The molecule has 3 nitrogen and oxygen atoms in total. The lowest BCUT2D eigenvalue weighted by atomic mass is 9.95. The van der Waals surface area contributed by atoms with Gasteiger partial charge in [-0.15, -0.1) is 0 Å². The first kappa shape index (κ1) is 10.3. The van der Waals surface area contributed by atoms with Crippen LogP contribution in [0.3, 0.4) is 0 Å². The van der Waals surface area contributed by atoms with Crippen molar-refractivity contribution in [1.29, 1.82) is 0 Å². The molecule has 0 aliphatic heterocycles. The predicted octanol–water partition coefficient (Wildman–Crippen LogP) is 1.55. The first-order valence-electron chi connectivity index (χ1n) is 4.92. The van der Waals surface area contributed by atoms with Crippen molar-refractivity contribution in [3.8, 4) is 0 Å². The third kappa shape index (κ3) is 4.68. The van der Waals surface area contributed by atoms with E-state index in [0.717, 1.165) is 0 Å². The third-order valence-corrected chi connectivity index (χ3v) is 2.39. The first-order chi connectivity index (χ1) is 6.29. The highest BCUT2D eigenvalue weighted by Gasteiger charge is 2.10. The van der Waals surface area contributed by atoms with Gasteiger partial charge in [0.2, 0.25) is 0 Å². The van der Waals surface area contributed by atoms with E-state index in [2.05, 4.69) is 5.32 Å². The van der Waals surface area contributed by atoms with Crippen molar-refractivity contribution in [1.82, 2.24) is 5.32 Å². The summed E-state index contributed by atoms with van der Waals surface area (Å²) < 4.78 is 0. The lowest BCUT2D eigenvalue weighted by Gasteiger charge is -2.21. The molecular formula is C10H17NO2. The van der Waals surface area contributed by atoms with Crippen LogP contribution >= 0.6 is 0 Å². The van der Waals surface area contributed by atoms with E-state index in [1.54, 1.807) is 6.08 Å². The molecule has 0 radical (unpaired) electrons. The summed E-state index contributed by atoms with van der Waals surface area (Å²) in [6.45, 7) is 0.678. The molecule has 1 aliphatic rings. The van der Waals surface area contributed by atoms with E-state index in [1.165, 1.54) is 38.2 Å². The topological polar surface area (TPSA) is 49.3 Å². The molecule has 1 fully saturated rings. The maximum Gasteiger partial charge on any atom is 0.328 e. The molecule has 74 valence electrons. The normalized spacial score (nSPS) is 19.4. The van der Waals surface area contributed by atoms with Crippen LogP contribution in [0.1, 0.15) is 32.1 Å². The highest BCUT2D eigenvalue weighted by molar-refractivity contribution is 5.79. The van der Waals surface area contributed by atoms with Crippen molar-refractivity contribution in [3.05, 3.63) is 12.2 Å². The summed E-state index contributed by atoms with van der Waals surface area (Å²) >= 11 is 0. The molecule has 0 bridgehead atoms. The van der Waals surface area contributed by atoms with Crippen LogP contribution in [0.4, 0.5) is 0 Å². The number of carbonyl (C=O) groups is 1. The van der Waals surface area contributed by atoms with Gasteiger partial charge in [-0.05, 0) is 12.8 Å². The van der Waals surface area contributed by atoms with E-state index in [1.807, 2.05) is 0 Å². The van der Waals surface area contributed by atoms with Gasteiger partial charge in [-0.25, -0.2) is 4.79 Å². The van der Waals surface area contributed by atoms with Gasteiger partial charge >= 0.3 is 5.97 Å². The Kier molecular flexibility index (Phi) is 4.54. The number of aliphatic carboxylic acids is 1. The summed E-state index contributed by atoms with van der Waals surface area (Å²) in [6, 6.07) is 0.604. The molecular weight excluding hydrogens is 166 g/mol. The highest BCUT2D eigenvalue weighted by Crippen LogP contribution is 2.16. The van der Waals surface area contributed by atoms with Crippen molar-refractivity contribution in [2.75, 3.05) is 6.54 Å². The highest BCUT2D eigenvalue weighted by atomic mass is 16.4. The van der Waals surface area contributed by atoms with Gasteiger partial charge < -0.3 is 10.4 Å². The van der Waals surface area contributed by atoms with Gasteiger partial charge in [-0.3, -0.25) is 0 Å². The molecule has 1 saturated carbocycles. The quantitative estimate of drug-likeness (QED) is 0.650. The van der Waals surface area contributed by atoms with Gasteiger partial charge in [-0.1, -0.05) is 25.3 Å². The standard InChI is InChI=1S/C10H17NO2/c12-10(13)7-4-8-11-9-5-2-1-3-6-9/h4,7,9,11H,1-3,5-6,8H2,(H,12,13)/b7-4+. The van der Waals surface area contributed by atoms with E-state index in [4.69, 9.17) is 5.11 Å². The monoisotopic (exact) mass is 183 g/mol. The Bertz CT molecular complexity index is 183. The second-order valence-corrected chi connectivity index (χ2v) is 3.48. The van der Waals surface area contributed by atoms with E-state index in [-0.39, 0.29) is 0 Å². The number of nitrogens with one attached hydrogen (secondary N) is 1. The van der Waals surface area contributed by atoms with Gasteiger partial charge in [0, 0.05) is 18.7 Å². The summed E-state index contributed by atoms with van der Waals surface area (Å²) in [7, 11) is 0. The zero-order chi connectivity index (χ0) is 9.52. The summed E-state index contributed by atoms with van der Waals surface area (Å²) in [5.41, 5.74) is 0. The number of rotatable bonds is 4. The van der Waals surface area contributed by atoms with E-state index < -0.39 is 5.97 Å². The van der Waals surface area contributed by atoms with Gasteiger partial charge in [0.1, 0.15) is 0 Å².